The molecule has 0 N–H and O–H groups in total. The Hall–Kier alpha value is -2.98. The van der Waals surface area contributed by atoms with Gasteiger partial charge in [-0.25, -0.2) is 4.98 Å². The van der Waals surface area contributed by atoms with Crippen LogP contribution in [0.25, 0.3) is 11.0 Å². The maximum Gasteiger partial charge on any atom is 0.147 e. The lowest BCUT2D eigenvalue weighted by atomic mass is 10.2. The van der Waals surface area contributed by atoms with Gasteiger partial charge < -0.3 is 14.0 Å². The van der Waals surface area contributed by atoms with Gasteiger partial charge in [-0.1, -0.05) is 41.4 Å². The summed E-state index contributed by atoms with van der Waals surface area (Å²) in [7, 11) is 0. The smallest absolute Gasteiger partial charge is 0.147 e. The van der Waals surface area contributed by atoms with Gasteiger partial charge in [0.05, 0.1) is 17.6 Å². The van der Waals surface area contributed by atoms with Crippen molar-refractivity contribution in [2.45, 2.75) is 33.4 Å². The molecule has 3 aromatic carbocycles. The van der Waals surface area contributed by atoms with Gasteiger partial charge in [0.1, 0.15) is 23.9 Å². The van der Waals surface area contributed by atoms with Crippen molar-refractivity contribution in [1.82, 2.24) is 9.55 Å². The van der Waals surface area contributed by atoms with Gasteiger partial charge in [0.2, 0.25) is 0 Å². The number of nitrogens with zero attached hydrogens (tertiary/aromatic N) is 2. The number of benzene rings is 3. The Morgan fingerprint density at radius 1 is 0.900 bits per heavy atom. The number of imidazole rings is 1. The highest BCUT2D eigenvalue weighted by molar-refractivity contribution is 6.31. The molecule has 0 spiro atoms. The summed E-state index contributed by atoms with van der Waals surface area (Å²) in [6, 6.07) is 22.0. The highest BCUT2D eigenvalue weighted by Gasteiger charge is 2.11. The van der Waals surface area contributed by atoms with E-state index in [1.807, 2.05) is 67.6 Å². The first-order valence-electron chi connectivity index (χ1n) is 10.1. The summed E-state index contributed by atoms with van der Waals surface area (Å²) >= 11 is 6.09. The Morgan fingerprint density at radius 2 is 1.67 bits per heavy atom. The Morgan fingerprint density at radius 3 is 2.47 bits per heavy atom. The summed E-state index contributed by atoms with van der Waals surface area (Å²) in [6.45, 7) is 5.89. The molecule has 4 aromatic rings. The minimum absolute atomic E-state index is 0.426. The molecule has 0 radical (unpaired) electrons. The number of hydrogen-bond acceptors (Lipinski definition) is 3. The van der Waals surface area contributed by atoms with Crippen LogP contribution in [0.1, 0.15) is 23.4 Å². The number of halogens is 1. The molecule has 0 amide bonds. The summed E-state index contributed by atoms with van der Waals surface area (Å²) < 4.78 is 14.1. The van der Waals surface area contributed by atoms with Gasteiger partial charge in [-0.2, -0.15) is 0 Å². The summed E-state index contributed by atoms with van der Waals surface area (Å²) in [5.41, 5.74) is 4.33. The van der Waals surface area contributed by atoms with Crippen LogP contribution < -0.4 is 9.47 Å². The summed E-state index contributed by atoms with van der Waals surface area (Å²) in [4.78, 5) is 4.79. The van der Waals surface area contributed by atoms with Crippen molar-refractivity contribution in [1.29, 1.82) is 0 Å². The van der Waals surface area contributed by atoms with Crippen LogP contribution in [-0.2, 0) is 13.2 Å². The van der Waals surface area contributed by atoms with Crippen molar-refractivity contribution in [3.8, 4) is 11.5 Å². The molecule has 0 aliphatic rings. The minimum Gasteiger partial charge on any atom is -0.494 e. The van der Waals surface area contributed by atoms with Gasteiger partial charge in [-0.3, -0.25) is 0 Å². The first-order chi connectivity index (χ1) is 14.6. The molecule has 0 aliphatic heterocycles. The predicted molar refractivity (Wildman–Crippen MR) is 122 cm³/mol. The van der Waals surface area contributed by atoms with E-state index in [4.69, 9.17) is 26.1 Å². The minimum atomic E-state index is 0.426. The fraction of sp³-hybridized carbons (Fsp3) is 0.240. The molecule has 5 heteroatoms. The molecule has 1 aromatic heterocycles. The molecule has 0 atom stereocenters. The van der Waals surface area contributed by atoms with Gasteiger partial charge in [-0.05, 0) is 68.3 Å². The topological polar surface area (TPSA) is 36.3 Å². The van der Waals surface area contributed by atoms with E-state index in [0.717, 1.165) is 51.9 Å². The number of para-hydroxylation sites is 2. The Bertz CT molecular complexity index is 1140. The van der Waals surface area contributed by atoms with E-state index in [1.165, 1.54) is 5.56 Å². The SMILES string of the molecule is Cc1ccc(OCc2nc3ccccc3n2CCCOc2ccc(Cl)c(C)c2)cc1. The molecule has 154 valence electrons. The van der Waals surface area contributed by atoms with Crippen LogP contribution in [0.3, 0.4) is 0 Å². The molecule has 0 bridgehead atoms. The molecule has 30 heavy (non-hydrogen) atoms. The lowest BCUT2D eigenvalue weighted by Gasteiger charge is -2.12. The van der Waals surface area contributed by atoms with Crippen LogP contribution in [0, 0.1) is 13.8 Å². The van der Waals surface area contributed by atoms with Gasteiger partial charge in [-0.15, -0.1) is 0 Å². The van der Waals surface area contributed by atoms with Crippen LogP contribution in [0.15, 0.2) is 66.7 Å². The maximum atomic E-state index is 6.09. The van der Waals surface area contributed by atoms with Crippen LogP contribution >= 0.6 is 11.6 Å². The van der Waals surface area contributed by atoms with Crippen LogP contribution in [0.2, 0.25) is 5.02 Å². The van der Waals surface area contributed by atoms with Gasteiger partial charge in [0.25, 0.3) is 0 Å². The second-order valence-electron chi connectivity index (χ2n) is 7.38. The zero-order valence-electron chi connectivity index (χ0n) is 17.3. The molecule has 0 fully saturated rings. The Balaban J connectivity index is 1.43. The Kier molecular flexibility index (Phi) is 6.24. The van der Waals surface area contributed by atoms with E-state index in [9.17, 15) is 0 Å². The first kappa shape index (κ1) is 20.3. The molecule has 4 nitrogen and oxygen atoms in total. The maximum absolute atomic E-state index is 6.09. The van der Waals surface area contributed by atoms with Crippen LogP contribution in [0.4, 0.5) is 0 Å². The number of aromatic nitrogens is 2. The standard InChI is InChI=1S/C25H25ClN2O2/c1-18-8-10-20(11-9-18)30-17-25-27-23-6-3-4-7-24(23)28(25)14-5-15-29-21-12-13-22(26)19(2)16-21/h3-4,6-13,16H,5,14-15,17H2,1-2H3. The summed E-state index contributed by atoms with van der Waals surface area (Å²) in [5.74, 6) is 2.61. The molecule has 1 heterocycles. The quantitative estimate of drug-likeness (QED) is 0.311. The molecular weight excluding hydrogens is 396 g/mol. The highest BCUT2D eigenvalue weighted by atomic mass is 35.5. The van der Waals surface area contributed by atoms with Crippen LogP contribution in [-0.4, -0.2) is 16.2 Å². The summed E-state index contributed by atoms with van der Waals surface area (Å²) in [6.07, 6.45) is 0.861. The van der Waals surface area contributed by atoms with Crippen molar-refractivity contribution in [3.63, 3.8) is 0 Å². The monoisotopic (exact) mass is 420 g/mol. The van der Waals surface area contributed by atoms with E-state index in [0.29, 0.717) is 13.2 Å². The first-order valence-corrected chi connectivity index (χ1v) is 10.5. The van der Waals surface area contributed by atoms with Crippen molar-refractivity contribution in [2.75, 3.05) is 6.61 Å². The number of fused-ring (bicyclic) bond motifs is 1. The number of aryl methyl sites for hydroxylation is 3. The number of hydrogen-bond donors (Lipinski definition) is 0. The van der Waals surface area contributed by atoms with Gasteiger partial charge >= 0.3 is 0 Å². The van der Waals surface area contributed by atoms with E-state index in [-0.39, 0.29) is 0 Å². The third kappa shape index (κ3) is 4.77. The second-order valence-corrected chi connectivity index (χ2v) is 7.79. The molecule has 0 unspecified atom stereocenters. The highest BCUT2D eigenvalue weighted by Crippen LogP contribution is 2.22. The number of ether oxygens (including phenoxy) is 2. The van der Waals surface area contributed by atoms with E-state index < -0.39 is 0 Å². The fourth-order valence-electron chi connectivity index (χ4n) is 3.39. The third-order valence-electron chi connectivity index (χ3n) is 5.05. The van der Waals surface area contributed by atoms with E-state index in [1.54, 1.807) is 0 Å². The molecule has 4 rings (SSSR count). The molecule has 0 aliphatic carbocycles. The van der Waals surface area contributed by atoms with Crippen LogP contribution in [0.5, 0.6) is 11.5 Å². The third-order valence-corrected chi connectivity index (χ3v) is 5.47. The van der Waals surface area contributed by atoms with Crippen molar-refractivity contribution < 1.29 is 9.47 Å². The predicted octanol–water partition coefficient (Wildman–Crippen LogP) is 6.35. The van der Waals surface area contributed by atoms with Gasteiger partial charge in [0.15, 0.2) is 0 Å². The zero-order chi connectivity index (χ0) is 20.9. The van der Waals surface area contributed by atoms with Gasteiger partial charge in [0, 0.05) is 11.6 Å². The number of rotatable bonds is 8. The van der Waals surface area contributed by atoms with E-state index in [2.05, 4.69) is 17.6 Å². The summed E-state index contributed by atoms with van der Waals surface area (Å²) in [5, 5.41) is 0.755. The van der Waals surface area contributed by atoms with Crippen molar-refractivity contribution in [3.05, 3.63) is 88.7 Å². The molecular formula is C25H25ClN2O2. The zero-order valence-corrected chi connectivity index (χ0v) is 18.0. The lowest BCUT2D eigenvalue weighted by molar-refractivity contribution is 0.280. The largest absolute Gasteiger partial charge is 0.494 e. The molecule has 0 saturated heterocycles. The van der Waals surface area contributed by atoms with E-state index >= 15 is 0 Å². The lowest BCUT2D eigenvalue weighted by Crippen LogP contribution is -2.10. The van der Waals surface area contributed by atoms with Crippen molar-refractivity contribution >= 4 is 22.6 Å². The second kappa shape index (κ2) is 9.23. The fourth-order valence-corrected chi connectivity index (χ4v) is 3.50. The molecule has 0 saturated carbocycles. The Labute approximate surface area is 182 Å². The average molecular weight is 421 g/mol. The average Bonchev–Trinajstić information content (AvgIpc) is 3.11. The normalized spacial score (nSPS) is 11.0. The van der Waals surface area contributed by atoms with Crippen molar-refractivity contribution in [2.24, 2.45) is 0 Å².